The summed E-state index contributed by atoms with van der Waals surface area (Å²) < 4.78 is 10.3. The van der Waals surface area contributed by atoms with Gasteiger partial charge in [-0.15, -0.1) is 0 Å². The van der Waals surface area contributed by atoms with Crippen LogP contribution in [0.5, 0.6) is 11.5 Å². The average molecular weight is 360 g/mol. The molecule has 0 heterocycles. The molecule has 0 aliphatic rings. The van der Waals surface area contributed by atoms with E-state index in [-0.39, 0.29) is 26.0 Å². The van der Waals surface area contributed by atoms with Crippen LogP contribution < -0.4 is 9.47 Å². The number of ether oxygens (including phenoxy) is 2. The van der Waals surface area contributed by atoms with E-state index >= 15 is 0 Å². The van der Waals surface area contributed by atoms with Crippen LogP contribution in [-0.4, -0.2) is 35.9 Å². The number of carbonyl (C=O) groups excluding carboxylic acids is 1. The van der Waals surface area contributed by atoms with E-state index in [9.17, 15) is 10.0 Å². The molecular formula is C13H19NO4Pd. The molecule has 0 aliphatic carbocycles. The van der Waals surface area contributed by atoms with Crippen molar-refractivity contribution in [2.45, 2.75) is 26.3 Å². The fraction of sp³-hybridized carbons (Fsp3) is 0.462. The molecule has 19 heavy (non-hydrogen) atoms. The van der Waals surface area contributed by atoms with E-state index < -0.39 is 11.4 Å². The number of rotatable bonds is 3. The number of hydrogen-bond donors (Lipinski definition) is 1. The summed E-state index contributed by atoms with van der Waals surface area (Å²) in [4.78, 5) is 12.3. The van der Waals surface area contributed by atoms with Crippen molar-refractivity contribution in [2.24, 2.45) is 0 Å². The molecular weight excluding hydrogens is 341 g/mol. The molecule has 0 spiro atoms. The number of amides is 1. The molecule has 1 rings (SSSR count). The van der Waals surface area contributed by atoms with Gasteiger partial charge in [-0.1, -0.05) is 6.07 Å². The van der Waals surface area contributed by atoms with E-state index in [4.69, 9.17) is 9.47 Å². The molecule has 6 heteroatoms. The van der Waals surface area contributed by atoms with Gasteiger partial charge < -0.3 is 9.47 Å². The molecule has 0 radical (unpaired) electrons. The van der Waals surface area contributed by atoms with E-state index in [1.165, 1.54) is 14.2 Å². The summed E-state index contributed by atoms with van der Waals surface area (Å²) >= 11 is 0. The van der Waals surface area contributed by atoms with Crippen LogP contribution >= 0.6 is 0 Å². The Morgan fingerprint density at radius 2 is 1.58 bits per heavy atom. The molecule has 1 aromatic rings. The molecule has 1 N–H and O–H groups in total. The number of methoxy groups -OCH3 is 2. The molecule has 0 unspecified atom stereocenters. The van der Waals surface area contributed by atoms with E-state index in [0.29, 0.717) is 16.6 Å². The van der Waals surface area contributed by atoms with Crippen molar-refractivity contribution in [3.05, 3.63) is 23.8 Å². The Bertz CT molecular complexity index is 421. The minimum absolute atomic E-state index is 0. The van der Waals surface area contributed by atoms with Crippen LogP contribution in [0.25, 0.3) is 0 Å². The van der Waals surface area contributed by atoms with Gasteiger partial charge in [-0.2, -0.15) is 0 Å². The summed E-state index contributed by atoms with van der Waals surface area (Å²) in [6.07, 6.45) is 0. The van der Waals surface area contributed by atoms with E-state index in [1.807, 2.05) is 0 Å². The number of benzene rings is 1. The Kier molecular flexibility index (Phi) is 6.50. The molecule has 0 bridgehead atoms. The minimum atomic E-state index is -0.705. The second kappa shape index (κ2) is 6.90. The summed E-state index contributed by atoms with van der Waals surface area (Å²) in [6.45, 7) is 5.19. The Balaban J connectivity index is 0.00000324. The molecule has 0 saturated heterocycles. The fourth-order valence-corrected chi connectivity index (χ4v) is 1.47. The zero-order chi connectivity index (χ0) is 13.9. The number of hydroxylamine groups is 2. The summed E-state index contributed by atoms with van der Waals surface area (Å²) in [7, 11) is 2.93. The van der Waals surface area contributed by atoms with Crippen LogP contribution in [-0.2, 0) is 20.4 Å². The standard InChI is InChI=1S/C13H19NO4.Pd/c1-13(2,3)14(16)12(15)11-9(17-4)7-6-8-10(11)18-5;/h6-8,16H,1-5H3;. The van der Waals surface area contributed by atoms with Crippen molar-refractivity contribution in [3.8, 4) is 11.5 Å². The van der Waals surface area contributed by atoms with Crippen molar-refractivity contribution in [1.29, 1.82) is 0 Å². The van der Waals surface area contributed by atoms with Crippen LogP contribution in [0.4, 0.5) is 0 Å². The van der Waals surface area contributed by atoms with Gasteiger partial charge in [0.2, 0.25) is 0 Å². The van der Waals surface area contributed by atoms with Gasteiger partial charge in [-0.25, -0.2) is 5.06 Å². The van der Waals surface area contributed by atoms with Gasteiger partial charge in [0.15, 0.2) is 0 Å². The van der Waals surface area contributed by atoms with E-state index in [2.05, 4.69) is 0 Å². The van der Waals surface area contributed by atoms with Crippen LogP contribution in [0, 0.1) is 0 Å². The van der Waals surface area contributed by atoms with Gasteiger partial charge in [0.1, 0.15) is 17.1 Å². The summed E-state index contributed by atoms with van der Waals surface area (Å²) in [5.74, 6) is 0.169. The summed E-state index contributed by atoms with van der Waals surface area (Å²) in [5, 5.41) is 10.6. The molecule has 0 fully saturated rings. The first-order valence-corrected chi connectivity index (χ1v) is 5.57. The number of carbonyl (C=O) groups is 1. The first kappa shape index (κ1) is 17.9. The van der Waals surface area contributed by atoms with Crippen LogP contribution in [0.3, 0.4) is 0 Å². The molecule has 1 aromatic carbocycles. The average Bonchev–Trinajstić information content (AvgIpc) is 2.34. The molecule has 0 aromatic heterocycles. The topological polar surface area (TPSA) is 59.0 Å². The second-order valence-electron chi connectivity index (χ2n) is 4.83. The Labute approximate surface area is 127 Å². The Morgan fingerprint density at radius 1 is 1.16 bits per heavy atom. The number of nitrogens with zero attached hydrogens (tertiary/aromatic N) is 1. The van der Waals surface area contributed by atoms with Gasteiger partial charge in [-0.05, 0) is 32.9 Å². The molecule has 0 saturated carbocycles. The fourth-order valence-electron chi connectivity index (χ4n) is 1.47. The maximum absolute atomic E-state index is 12.3. The van der Waals surface area contributed by atoms with Crippen LogP contribution in [0.2, 0.25) is 0 Å². The van der Waals surface area contributed by atoms with Gasteiger partial charge in [0, 0.05) is 20.4 Å². The van der Waals surface area contributed by atoms with Crippen molar-refractivity contribution in [3.63, 3.8) is 0 Å². The van der Waals surface area contributed by atoms with Crippen molar-refractivity contribution < 1.29 is 39.9 Å². The zero-order valence-electron chi connectivity index (χ0n) is 11.7. The maximum Gasteiger partial charge on any atom is 0.285 e. The van der Waals surface area contributed by atoms with Crippen molar-refractivity contribution in [2.75, 3.05) is 14.2 Å². The summed E-state index contributed by atoms with van der Waals surface area (Å²) in [6, 6.07) is 5.01. The first-order chi connectivity index (χ1) is 8.32. The molecule has 1 amide bonds. The van der Waals surface area contributed by atoms with E-state index in [1.54, 1.807) is 39.0 Å². The van der Waals surface area contributed by atoms with Crippen LogP contribution in [0.1, 0.15) is 31.1 Å². The third kappa shape index (κ3) is 3.94. The summed E-state index contributed by atoms with van der Waals surface area (Å²) in [5.41, 5.74) is -0.497. The van der Waals surface area contributed by atoms with E-state index in [0.717, 1.165) is 0 Å². The van der Waals surface area contributed by atoms with Crippen LogP contribution in [0.15, 0.2) is 18.2 Å². The minimum Gasteiger partial charge on any atom is -0.496 e. The molecule has 110 valence electrons. The maximum atomic E-state index is 12.3. The predicted molar refractivity (Wildman–Crippen MR) is 67.3 cm³/mol. The Hall–Kier alpha value is -1.09. The zero-order valence-corrected chi connectivity index (χ0v) is 13.2. The quantitative estimate of drug-likeness (QED) is 0.511. The van der Waals surface area contributed by atoms with Crippen molar-refractivity contribution in [1.82, 2.24) is 5.06 Å². The normalized spacial score (nSPS) is 10.4. The molecule has 5 nitrogen and oxygen atoms in total. The molecule has 0 atom stereocenters. The monoisotopic (exact) mass is 359 g/mol. The Morgan fingerprint density at radius 3 is 1.89 bits per heavy atom. The van der Waals surface area contributed by atoms with Gasteiger partial charge in [-0.3, -0.25) is 10.0 Å². The van der Waals surface area contributed by atoms with Crippen molar-refractivity contribution >= 4 is 5.91 Å². The number of hydrogen-bond acceptors (Lipinski definition) is 4. The largest absolute Gasteiger partial charge is 0.496 e. The van der Waals surface area contributed by atoms with Gasteiger partial charge in [0.05, 0.1) is 19.8 Å². The van der Waals surface area contributed by atoms with Gasteiger partial charge >= 0.3 is 0 Å². The van der Waals surface area contributed by atoms with Gasteiger partial charge in [0.25, 0.3) is 5.91 Å². The molecule has 0 aliphatic heterocycles. The predicted octanol–water partition coefficient (Wildman–Crippen LogP) is 2.33. The smallest absolute Gasteiger partial charge is 0.285 e. The SMILES string of the molecule is COc1cccc(OC)c1C(=O)N(O)C(C)(C)C.[Pd]. The second-order valence-corrected chi connectivity index (χ2v) is 4.83. The third-order valence-corrected chi connectivity index (χ3v) is 2.47. The third-order valence-electron chi connectivity index (χ3n) is 2.47. The first-order valence-electron chi connectivity index (χ1n) is 5.57.